The van der Waals surface area contributed by atoms with Gasteiger partial charge in [-0.05, 0) is 45.5 Å². The third kappa shape index (κ3) is 5.65. The second-order valence-electron chi connectivity index (χ2n) is 10.2. The molecule has 2 aromatic rings. The molecule has 204 valence electrons. The van der Waals surface area contributed by atoms with Crippen LogP contribution in [0, 0.1) is 0 Å². The smallest absolute Gasteiger partial charge is 0.333 e. The Hall–Kier alpha value is -2.36. The zero-order valence-electron chi connectivity index (χ0n) is 21.9. The minimum Gasteiger partial charge on any atom is -0.478 e. The fourth-order valence-corrected chi connectivity index (χ4v) is 8.08. The highest BCUT2D eigenvalue weighted by Gasteiger charge is 2.47. The standard InChI is InChI=1S/C28H33Cl2N3O4S/c1-4-33(25-12-8-11-23(29)27(25)30)17-21(13-14-32(3)16-20-9-6-5-7-10-20)38(36,37)26-15-22(28(34)35)19(2)31-24(26)18-33/h5-12,21,31H,4,13-18H2,1-3H3/p+1. The van der Waals surface area contributed by atoms with Crippen molar-refractivity contribution in [1.29, 1.82) is 0 Å². The second kappa shape index (κ2) is 11.4. The Balaban J connectivity index is 1.75. The predicted octanol–water partition coefficient (Wildman–Crippen LogP) is 5.20. The van der Waals surface area contributed by atoms with Crippen molar-refractivity contribution in [3.8, 4) is 0 Å². The van der Waals surface area contributed by atoms with Crippen LogP contribution in [0.5, 0.6) is 0 Å². The van der Waals surface area contributed by atoms with E-state index in [0.29, 0.717) is 60.6 Å². The van der Waals surface area contributed by atoms with Crippen molar-refractivity contribution in [3.05, 3.63) is 86.0 Å². The van der Waals surface area contributed by atoms with Crippen LogP contribution < -0.4 is 9.80 Å². The molecule has 0 aromatic heterocycles. The van der Waals surface area contributed by atoms with Crippen LogP contribution in [-0.2, 0) is 21.2 Å². The molecule has 2 aliphatic rings. The molecule has 0 amide bonds. The van der Waals surface area contributed by atoms with E-state index in [9.17, 15) is 18.3 Å². The first-order chi connectivity index (χ1) is 18.0. The van der Waals surface area contributed by atoms with Gasteiger partial charge >= 0.3 is 5.97 Å². The number of carbonyl (C=O) groups is 1. The average molecular weight is 580 g/mol. The molecule has 0 saturated heterocycles. The van der Waals surface area contributed by atoms with Crippen LogP contribution in [0.4, 0.5) is 5.69 Å². The number of aliphatic carboxylic acids is 1. The lowest BCUT2D eigenvalue weighted by Gasteiger charge is -2.39. The molecule has 4 rings (SSSR count). The van der Waals surface area contributed by atoms with Gasteiger partial charge in [-0.15, -0.1) is 0 Å². The highest BCUT2D eigenvalue weighted by Crippen LogP contribution is 2.42. The largest absolute Gasteiger partial charge is 0.478 e. The molecule has 10 heteroatoms. The van der Waals surface area contributed by atoms with Crippen molar-refractivity contribution in [1.82, 2.24) is 14.7 Å². The number of allylic oxidation sites excluding steroid dienone is 2. The molecule has 7 nitrogen and oxygen atoms in total. The molecule has 2 heterocycles. The molecule has 0 saturated carbocycles. The molecule has 2 N–H and O–H groups in total. The number of benzene rings is 2. The number of nitrogens with one attached hydrogen (secondary N) is 1. The summed E-state index contributed by atoms with van der Waals surface area (Å²) in [5, 5.41) is 13.0. The van der Waals surface area contributed by atoms with Crippen LogP contribution in [0.2, 0.25) is 10.0 Å². The van der Waals surface area contributed by atoms with Crippen molar-refractivity contribution in [2.45, 2.75) is 38.5 Å². The highest BCUT2D eigenvalue weighted by atomic mass is 35.5. The van der Waals surface area contributed by atoms with E-state index in [1.54, 1.807) is 13.0 Å². The van der Waals surface area contributed by atoms with E-state index < -0.39 is 21.1 Å². The van der Waals surface area contributed by atoms with Gasteiger partial charge in [-0.2, -0.15) is 0 Å². The van der Waals surface area contributed by atoms with Gasteiger partial charge in [0, 0.05) is 24.7 Å². The maximum Gasteiger partial charge on any atom is 0.333 e. The van der Waals surface area contributed by atoms with Gasteiger partial charge in [0.05, 0.1) is 27.7 Å². The van der Waals surface area contributed by atoms with Crippen LogP contribution in [0.25, 0.3) is 0 Å². The summed E-state index contributed by atoms with van der Waals surface area (Å²) in [4.78, 5) is 14.2. The van der Waals surface area contributed by atoms with E-state index in [1.807, 2.05) is 56.4 Å². The van der Waals surface area contributed by atoms with E-state index in [1.165, 1.54) is 0 Å². The first-order valence-electron chi connectivity index (χ1n) is 12.7. The van der Waals surface area contributed by atoms with E-state index in [2.05, 4.69) is 10.2 Å². The Kier molecular flexibility index (Phi) is 8.59. The second-order valence-corrected chi connectivity index (χ2v) is 13.2. The average Bonchev–Trinajstić information content (AvgIpc) is 2.96. The van der Waals surface area contributed by atoms with Gasteiger partial charge in [0.15, 0.2) is 15.5 Å². The SMILES string of the molecule is CC[N+]1(c2cccc(Cl)c2Cl)CC2=C(CC(C(=O)O)=C(C)N2)S(=O)(=O)C(CCN(C)Cc2ccccc2)C1. The molecular weight excluding hydrogens is 545 g/mol. The van der Waals surface area contributed by atoms with Crippen LogP contribution in [0.3, 0.4) is 0 Å². The number of nitrogens with zero attached hydrogens (tertiary/aromatic N) is 2. The number of halogens is 2. The molecule has 0 radical (unpaired) electrons. The molecule has 38 heavy (non-hydrogen) atoms. The summed E-state index contributed by atoms with van der Waals surface area (Å²) < 4.78 is 28.7. The van der Waals surface area contributed by atoms with E-state index >= 15 is 0 Å². The Morgan fingerprint density at radius 1 is 1.16 bits per heavy atom. The normalized spacial score (nSPS) is 23.2. The Bertz CT molecular complexity index is 1390. The summed E-state index contributed by atoms with van der Waals surface area (Å²) in [6.45, 7) is 6.17. The van der Waals surface area contributed by atoms with Crippen molar-refractivity contribution in [2.75, 3.05) is 33.2 Å². The monoisotopic (exact) mass is 578 g/mol. The van der Waals surface area contributed by atoms with Crippen molar-refractivity contribution in [3.63, 3.8) is 0 Å². The maximum absolute atomic E-state index is 14.2. The van der Waals surface area contributed by atoms with E-state index in [-0.39, 0.29) is 21.4 Å². The zero-order chi connectivity index (χ0) is 27.7. The first kappa shape index (κ1) is 28.6. The number of dihydropyridines is 1. The van der Waals surface area contributed by atoms with Crippen molar-refractivity contribution >= 4 is 44.7 Å². The van der Waals surface area contributed by atoms with Crippen molar-refractivity contribution in [2.24, 2.45) is 0 Å². The first-order valence-corrected chi connectivity index (χ1v) is 15.0. The van der Waals surface area contributed by atoms with Gasteiger partial charge in [0.2, 0.25) is 0 Å². The number of quaternary nitrogens is 1. The Morgan fingerprint density at radius 3 is 2.53 bits per heavy atom. The third-order valence-electron chi connectivity index (χ3n) is 7.69. The molecule has 0 spiro atoms. The van der Waals surface area contributed by atoms with Gasteiger partial charge in [-0.25, -0.2) is 13.2 Å². The van der Waals surface area contributed by atoms with E-state index in [4.69, 9.17) is 23.2 Å². The molecule has 0 aliphatic carbocycles. The van der Waals surface area contributed by atoms with Crippen LogP contribution >= 0.6 is 23.2 Å². The summed E-state index contributed by atoms with van der Waals surface area (Å²) in [6.07, 6.45) is 0.265. The minimum atomic E-state index is -3.83. The van der Waals surface area contributed by atoms with Gasteiger partial charge in [0.1, 0.15) is 23.4 Å². The summed E-state index contributed by atoms with van der Waals surface area (Å²) in [7, 11) is -1.85. The highest BCUT2D eigenvalue weighted by molar-refractivity contribution is 7.95. The Morgan fingerprint density at radius 2 is 1.87 bits per heavy atom. The van der Waals surface area contributed by atoms with Gasteiger partial charge in [-0.1, -0.05) is 59.6 Å². The fraction of sp³-hybridized carbons (Fsp3) is 0.393. The Labute approximate surface area is 234 Å². The fourth-order valence-electron chi connectivity index (χ4n) is 5.50. The summed E-state index contributed by atoms with van der Waals surface area (Å²) >= 11 is 13.1. The molecule has 0 bridgehead atoms. The van der Waals surface area contributed by atoms with Gasteiger partial charge in [-0.3, -0.25) is 4.48 Å². The number of likely N-dealkylation sites (N-methyl/N-ethyl adjacent to an activating group) is 1. The molecular formula is C28H34Cl2N3O4S+. The summed E-state index contributed by atoms with van der Waals surface area (Å²) in [5.74, 6) is -1.12. The lowest BCUT2D eigenvalue weighted by atomic mass is 10.0. The molecule has 2 atom stereocenters. The maximum atomic E-state index is 14.2. The lowest BCUT2D eigenvalue weighted by molar-refractivity contribution is -0.132. The van der Waals surface area contributed by atoms with Crippen LogP contribution in [0.1, 0.15) is 32.3 Å². The predicted molar refractivity (Wildman–Crippen MR) is 154 cm³/mol. The van der Waals surface area contributed by atoms with Crippen LogP contribution in [0.15, 0.2) is 70.4 Å². The summed E-state index contributed by atoms with van der Waals surface area (Å²) in [5.41, 5.74) is 2.98. The molecule has 2 aliphatic heterocycles. The number of carboxylic acid groups (broad SMARTS) is 1. The summed E-state index contributed by atoms with van der Waals surface area (Å²) in [6, 6.07) is 15.5. The topological polar surface area (TPSA) is 86.7 Å². The quantitative estimate of drug-likeness (QED) is 0.418. The van der Waals surface area contributed by atoms with E-state index in [0.717, 1.165) is 11.3 Å². The van der Waals surface area contributed by atoms with Gasteiger partial charge < -0.3 is 15.3 Å². The van der Waals surface area contributed by atoms with Crippen LogP contribution in [-0.4, -0.2) is 62.9 Å². The third-order valence-corrected chi connectivity index (χ3v) is 10.8. The number of hydrogen-bond acceptors (Lipinski definition) is 5. The number of hydrogen-bond donors (Lipinski definition) is 2. The molecule has 2 aromatic carbocycles. The number of rotatable bonds is 8. The molecule has 2 unspecified atom stereocenters. The minimum absolute atomic E-state index is 0.0737. The lowest BCUT2D eigenvalue weighted by Crippen LogP contribution is -2.55. The molecule has 0 fully saturated rings. The number of sulfone groups is 1. The number of carboxylic acids is 1. The zero-order valence-corrected chi connectivity index (χ0v) is 24.2. The van der Waals surface area contributed by atoms with Gasteiger partial charge in [0.25, 0.3) is 0 Å². The van der Waals surface area contributed by atoms with Crippen molar-refractivity contribution < 1.29 is 18.3 Å².